The molecular weight excluding hydrogens is 411 g/mol. The number of ether oxygens (including phenoxy) is 1. The summed E-state index contributed by atoms with van der Waals surface area (Å²) < 4.78 is 72.6. The number of aliphatic imine (C=N–C) groups is 1. The Morgan fingerprint density at radius 2 is 2.03 bits per heavy atom. The van der Waals surface area contributed by atoms with E-state index in [1.807, 2.05) is 0 Å². The van der Waals surface area contributed by atoms with Crippen LogP contribution < -0.4 is 11.1 Å². The van der Waals surface area contributed by atoms with Crippen LogP contribution in [0.25, 0.3) is 0 Å². The van der Waals surface area contributed by atoms with Crippen molar-refractivity contribution in [1.29, 1.82) is 0 Å². The number of anilines is 1. The van der Waals surface area contributed by atoms with Crippen molar-refractivity contribution >= 4 is 17.4 Å². The van der Waals surface area contributed by atoms with Crippen LogP contribution in [-0.2, 0) is 10.7 Å². The molecule has 0 saturated heterocycles. The van der Waals surface area contributed by atoms with E-state index in [1.165, 1.54) is 0 Å². The zero-order chi connectivity index (χ0) is 22.3. The Morgan fingerprint density at radius 1 is 1.30 bits per heavy atom. The molecule has 0 aliphatic heterocycles. The van der Waals surface area contributed by atoms with Gasteiger partial charge in [-0.2, -0.15) is 8.78 Å². The Kier molecular flexibility index (Phi) is 7.81. The van der Waals surface area contributed by atoms with Crippen LogP contribution in [0.5, 0.6) is 0 Å². The van der Waals surface area contributed by atoms with Crippen molar-refractivity contribution in [2.24, 2.45) is 10.7 Å². The molecule has 1 aromatic heterocycles. The van der Waals surface area contributed by atoms with E-state index in [-0.39, 0.29) is 29.4 Å². The molecule has 30 heavy (non-hydrogen) atoms. The Morgan fingerprint density at radius 3 is 2.63 bits per heavy atom. The number of benzene rings is 1. The minimum atomic E-state index is -3.71. The molecule has 2 rings (SSSR count). The quantitative estimate of drug-likeness (QED) is 0.359. The average molecular weight is 430 g/mol. The maximum Gasteiger partial charge on any atom is 0.298 e. The number of carbonyl (C=O) groups is 1. The second-order valence-electron chi connectivity index (χ2n) is 6.09. The lowest BCUT2D eigenvalue weighted by Gasteiger charge is -2.18. The molecule has 1 aromatic carbocycles. The molecular formula is C19H19F5N4O2. The summed E-state index contributed by atoms with van der Waals surface area (Å²) in [6.07, 6.45) is -1.92. The first-order valence-corrected chi connectivity index (χ1v) is 8.74. The van der Waals surface area contributed by atoms with E-state index in [1.54, 1.807) is 6.92 Å². The Balaban J connectivity index is 2.11. The van der Waals surface area contributed by atoms with Crippen LogP contribution in [0.1, 0.15) is 35.0 Å². The first-order chi connectivity index (χ1) is 14.1. The van der Waals surface area contributed by atoms with E-state index in [4.69, 9.17) is 10.5 Å². The van der Waals surface area contributed by atoms with Crippen LogP contribution in [0, 0.1) is 5.82 Å². The van der Waals surface area contributed by atoms with Gasteiger partial charge >= 0.3 is 0 Å². The standard InChI is InChI=1S/C19H19F5N4O2/c1-2-26-16(25)9-30-10-19(23,24)13-7-12(4-5-14(13)20)28-18(29)15-6-3-11(8-27-15)17(21)22/h3-8,17H,2,9-10H2,1H3,(H2,25,26)(H,28,29). The Bertz CT molecular complexity index is 904. The summed E-state index contributed by atoms with van der Waals surface area (Å²) in [5, 5.41) is 2.27. The number of rotatable bonds is 9. The fraction of sp³-hybridized carbons (Fsp3) is 0.316. The lowest BCUT2D eigenvalue weighted by Crippen LogP contribution is -2.27. The minimum Gasteiger partial charge on any atom is -0.386 e. The monoisotopic (exact) mass is 430 g/mol. The first-order valence-electron chi connectivity index (χ1n) is 8.74. The van der Waals surface area contributed by atoms with Crippen LogP contribution in [0.2, 0.25) is 0 Å². The fourth-order valence-electron chi connectivity index (χ4n) is 2.36. The molecule has 0 aliphatic carbocycles. The summed E-state index contributed by atoms with van der Waals surface area (Å²) in [5.74, 6) is -5.72. The molecule has 0 spiro atoms. The van der Waals surface area contributed by atoms with E-state index < -0.39 is 36.2 Å². The summed E-state index contributed by atoms with van der Waals surface area (Å²) in [6.45, 7) is 0.570. The Labute approximate surface area is 169 Å². The molecule has 0 unspecified atom stereocenters. The van der Waals surface area contributed by atoms with Gasteiger partial charge in [0.2, 0.25) is 0 Å². The minimum absolute atomic E-state index is 0.0279. The van der Waals surface area contributed by atoms with Crippen molar-refractivity contribution in [3.63, 3.8) is 0 Å². The van der Waals surface area contributed by atoms with Crippen molar-refractivity contribution in [2.45, 2.75) is 19.3 Å². The molecule has 6 nitrogen and oxygen atoms in total. The van der Waals surface area contributed by atoms with Crippen molar-refractivity contribution in [1.82, 2.24) is 4.98 Å². The highest BCUT2D eigenvalue weighted by molar-refractivity contribution is 6.02. The zero-order valence-corrected chi connectivity index (χ0v) is 15.8. The molecule has 0 bridgehead atoms. The molecule has 3 N–H and O–H groups in total. The second kappa shape index (κ2) is 10.1. The second-order valence-corrected chi connectivity index (χ2v) is 6.09. The van der Waals surface area contributed by atoms with Crippen LogP contribution in [0.3, 0.4) is 0 Å². The summed E-state index contributed by atoms with van der Waals surface area (Å²) >= 11 is 0. The number of nitrogens with two attached hydrogens (primary N) is 1. The molecule has 11 heteroatoms. The third kappa shape index (κ3) is 6.21. The van der Waals surface area contributed by atoms with Gasteiger partial charge in [0.1, 0.15) is 30.6 Å². The molecule has 2 aromatic rings. The lowest BCUT2D eigenvalue weighted by atomic mass is 10.1. The number of halogens is 5. The number of alkyl halides is 4. The number of nitrogens with zero attached hydrogens (tertiary/aromatic N) is 2. The highest BCUT2D eigenvalue weighted by Crippen LogP contribution is 2.32. The number of aromatic nitrogens is 1. The average Bonchev–Trinajstić information content (AvgIpc) is 2.69. The predicted octanol–water partition coefficient (Wildman–Crippen LogP) is 3.90. The summed E-state index contributed by atoms with van der Waals surface area (Å²) in [4.78, 5) is 19.5. The van der Waals surface area contributed by atoms with Gasteiger partial charge in [0.15, 0.2) is 0 Å². The van der Waals surface area contributed by atoms with Crippen LogP contribution in [0.4, 0.5) is 27.6 Å². The van der Waals surface area contributed by atoms with E-state index >= 15 is 0 Å². The van der Waals surface area contributed by atoms with Gasteiger partial charge in [-0.15, -0.1) is 0 Å². The van der Waals surface area contributed by atoms with Gasteiger partial charge in [-0.1, -0.05) is 0 Å². The van der Waals surface area contributed by atoms with E-state index in [9.17, 15) is 26.7 Å². The van der Waals surface area contributed by atoms with Gasteiger partial charge in [0, 0.05) is 24.0 Å². The number of amides is 1. The van der Waals surface area contributed by atoms with Gasteiger partial charge in [-0.25, -0.2) is 13.2 Å². The van der Waals surface area contributed by atoms with Crippen molar-refractivity contribution in [3.8, 4) is 0 Å². The molecule has 0 aliphatic rings. The third-order valence-electron chi connectivity index (χ3n) is 3.78. The van der Waals surface area contributed by atoms with Gasteiger partial charge in [-0.3, -0.25) is 14.8 Å². The fourth-order valence-corrected chi connectivity index (χ4v) is 2.36. The van der Waals surface area contributed by atoms with Gasteiger partial charge in [-0.05, 0) is 37.3 Å². The molecule has 1 amide bonds. The van der Waals surface area contributed by atoms with Gasteiger partial charge < -0.3 is 15.8 Å². The first kappa shape index (κ1) is 23.2. The number of nitrogens with one attached hydrogen (secondary N) is 1. The summed E-state index contributed by atoms with van der Waals surface area (Å²) in [5.41, 5.74) is 3.73. The number of hydrogen-bond donors (Lipinski definition) is 2. The topological polar surface area (TPSA) is 89.6 Å². The molecule has 162 valence electrons. The number of amidine groups is 1. The number of carbonyl (C=O) groups excluding carboxylic acids is 1. The van der Waals surface area contributed by atoms with E-state index in [0.29, 0.717) is 6.54 Å². The van der Waals surface area contributed by atoms with Gasteiger partial charge in [0.05, 0.1) is 5.56 Å². The normalized spacial score (nSPS) is 12.3. The lowest BCUT2D eigenvalue weighted by molar-refractivity contribution is -0.0775. The predicted molar refractivity (Wildman–Crippen MR) is 100 cm³/mol. The highest BCUT2D eigenvalue weighted by Gasteiger charge is 2.35. The summed E-state index contributed by atoms with van der Waals surface area (Å²) in [6, 6.07) is 4.67. The highest BCUT2D eigenvalue weighted by atomic mass is 19.3. The molecule has 0 fully saturated rings. The third-order valence-corrected chi connectivity index (χ3v) is 3.78. The van der Waals surface area contributed by atoms with Crippen molar-refractivity contribution < 1.29 is 31.5 Å². The van der Waals surface area contributed by atoms with Crippen molar-refractivity contribution in [3.05, 3.63) is 59.2 Å². The zero-order valence-electron chi connectivity index (χ0n) is 15.8. The SMILES string of the molecule is CCN=C(N)COCC(F)(F)c1cc(NC(=O)c2ccc(C(F)F)cn2)ccc1F. The summed E-state index contributed by atoms with van der Waals surface area (Å²) in [7, 11) is 0. The molecule has 1 heterocycles. The van der Waals surface area contributed by atoms with Crippen LogP contribution in [-0.4, -0.2) is 36.5 Å². The number of pyridine rings is 1. The molecule has 0 atom stereocenters. The van der Waals surface area contributed by atoms with E-state index in [0.717, 1.165) is 36.5 Å². The van der Waals surface area contributed by atoms with Crippen molar-refractivity contribution in [2.75, 3.05) is 25.1 Å². The maximum atomic E-state index is 14.4. The van der Waals surface area contributed by atoms with Crippen LogP contribution in [0.15, 0.2) is 41.5 Å². The molecule has 0 saturated carbocycles. The van der Waals surface area contributed by atoms with Gasteiger partial charge in [0.25, 0.3) is 18.3 Å². The maximum absolute atomic E-state index is 14.4. The largest absolute Gasteiger partial charge is 0.386 e. The Hall–Kier alpha value is -3.08. The van der Waals surface area contributed by atoms with E-state index in [2.05, 4.69) is 15.3 Å². The van der Waals surface area contributed by atoms with Crippen LogP contribution >= 0.6 is 0 Å². The molecule has 0 radical (unpaired) electrons. The smallest absolute Gasteiger partial charge is 0.298 e. The number of hydrogen-bond acceptors (Lipinski definition) is 4.